The van der Waals surface area contributed by atoms with Gasteiger partial charge in [-0.3, -0.25) is 0 Å². The van der Waals surface area contributed by atoms with E-state index in [1.807, 2.05) is 67.6 Å². The fourth-order valence-electron chi connectivity index (χ4n) is 2.51. The third-order valence-corrected chi connectivity index (χ3v) is 4.19. The van der Waals surface area contributed by atoms with Crippen LogP contribution in [0.25, 0.3) is 0 Å². The molecular weight excluding hydrogens is 369 g/mol. The van der Waals surface area contributed by atoms with Crippen LogP contribution in [0, 0.1) is 0 Å². The molecular formula is C21H19Cl2NO2. The van der Waals surface area contributed by atoms with Crippen LogP contribution in [0.2, 0.25) is 10.0 Å². The predicted molar refractivity (Wildman–Crippen MR) is 108 cm³/mol. The van der Waals surface area contributed by atoms with Crippen LogP contribution in [0.4, 0.5) is 5.69 Å². The second-order valence-electron chi connectivity index (χ2n) is 5.60. The quantitative estimate of drug-likeness (QED) is 0.483. The normalized spacial score (nSPS) is 10.4. The Labute approximate surface area is 163 Å². The molecule has 0 radical (unpaired) electrons. The maximum absolute atomic E-state index is 6.24. The number of nitrogens with one attached hydrogen (secondary N) is 1. The third kappa shape index (κ3) is 4.84. The number of ether oxygens (including phenoxy) is 2. The standard InChI is InChI=1S/C21H19Cl2NO2/c1-2-25-21-15(12-16(22)13-20(21)23)14-24-17-8-10-19(11-9-17)26-18-6-4-3-5-7-18/h3-13,24H,2,14H2,1H3. The Hall–Kier alpha value is -2.36. The van der Waals surface area contributed by atoms with Gasteiger partial charge in [-0.15, -0.1) is 0 Å². The first-order valence-electron chi connectivity index (χ1n) is 8.33. The third-order valence-electron chi connectivity index (χ3n) is 3.69. The van der Waals surface area contributed by atoms with Crippen molar-refractivity contribution in [3.05, 3.63) is 82.3 Å². The van der Waals surface area contributed by atoms with Crippen molar-refractivity contribution in [1.29, 1.82) is 0 Å². The highest BCUT2D eigenvalue weighted by Gasteiger charge is 2.10. The first-order valence-corrected chi connectivity index (χ1v) is 9.09. The second kappa shape index (κ2) is 8.84. The first-order chi connectivity index (χ1) is 12.7. The van der Waals surface area contributed by atoms with Gasteiger partial charge >= 0.3 is 0 Å². The Bertz CT molecular complexity index is 852. The number of hydrogen-bond donors (Lipinski definition) is 1. The molecule has 0 aliphatic carbocycles. The maximum Gasteiger partial charge on any atom is 0.142 e. The van der Waals surface area contributed by atoms with E-state index in [4.69, 9.17) is 32.7 Å². The summed E-state index contributed by atoms with van der Waals surface area (Å²) >= 11 is 12.4. The summed E-state index contributed by atoms with van der Waals surface area (Å²) in [7, 11) is 0. The van der Waals surface area contributed by atoms with Gasteiger partial charge in [0.1, 0.15) is 17.2 Å². The second-order valence-corrected chi connectivity index (χ2v) is 6.45. The summed E-state index contributed by atoms with van der Waals surface area (Å²) in [6, 6.07) is 21.0. The lowest BCUT2D eigenvalue weighted by Gasteiger charge is -2.14. The van der Waals surface area contributed by atoms with E-state index in [-0.39, 0.29) is 0 Å². The summed E-state index contributed by atoms with van der Waals surface area (Å²) < 4.78 is 11.4. The monoisotopic (exact) mass is 387 g/mol. The molecule has 5 heteroatoms. The fraction of sp³-hybridized carbons (Fsp3) is 0.143. The Kier molecular flexibility index (Phi) is 6.26. The van der Waals surface area contributed by atoms with Crippen molar-refractivity contribution in [1.82, 2.24) is 0 Å². The maximum atomic E-state index is 6.24. The largest absolute Gasteiger partial charge is 0.492 e. The van der Waals surface area contributed by atoms with Crippen molar-refractivity contribution in [2.45, 2.75) is 13.5 Å². The minimum atomic E-state index is 0.516. The molecule has 0 fully saturated rings. The van der Waals surface area contributed by atoms with Gasteiger partial charge in [0.25, 0.3) is 0 Å². The van der Waals surface area contributed by atoms with Crippen molar-refractivity contribution in [2.75, 3.05) is 11.9 Å². The highest BCUT2D eigenvalue weighted by molar-refractivity contribution is 6.35. The molecule has 0 saturated heterocycles. The summed E-state index contributed by atoms with van der Waals surface area (Å²) in [4.78, 5) is 0. The van der Waals surface area contributed by atoms with Gasteiger partial charge in [-0.25, -0.2) is 0 Å². The van der Waals surface area contributed by atoms with Crippen molar-refractivity contribution < 1.29 is 9.47 Å². The number of hydrogen-bond acceptors (Lipinski definition) is 3. The molecule has 0 aromatic heterocycles. The number of para-hydroxylation sites is 1. The lowest BCUT2D eigenvalue weighted by atomic mass is 10.2. The van der Waals surface area contributed by atoms with Crippen LogP contribution in [-0.2, 0) is 6.54 Å². The van der Waals surface area contributed by atoms with Gasteiger partial charge in [-0.2, -0.15) is 0 Å². The van der Waals surface area contributed by atoms with Crippen LogP contribution >= 0.6 is 23.2 Å². The van der Waals surface area contributed by atoms with E-state index in [1.54, 1.807) is 6.07 Å². The zero-order chi connectivity index (χ0) is 18.4. The molecule has 0 bridgehead atoms. The van der Waals surface area contributed by atoms with Crippen LogP contribution in [0.1, 0.15) is 12.5 Å². The molecule has 0 aliphatic rings. The molecule has 3 rings (SSSR count). The van der Waals surface area contributed by atoms with Gasteiger partial charge in [-0.1, -0.05) is 41.4 Å². The zero-order valence-corrected chi connectivity index (χ0v) is 15.8. The van der Waals surface area contributed by atoms with Gasteiger partial charge in [0.15, 0.2) is 0 Å². The van der Waals surface area contributed by atoms with Crippen molar-refractivity contribution >= 4 is 28.9 Å². The number of rotatable bonds is 7. The lowest BCUT2D eigenvalue weighted by Crippen LogP contribution is -2.04. The molecule has 0 saturated carbocycles. The van der Waals surface area contributed by atoms with E-state index in [2.05, 4.69) is 5.32 Å². The first kappa shape index (κ1) is 18.4. The SMILES string of the molecule is CCOc1c(Cl)cc(Cl)cc1CNc1ccc(Oc2ccccc2)cc1. The Morgan fingerprint density at radius 3 is 2.27 bits per heavy atom. The molecule has 0 aliphatic heterocycles. The average Bonchev–Trinajstić information content (AvgIpc) is 2.64. The smallest absolute Gasteiger partial charge is 0.142 e. The summed E-state index contributed by atoms with van der Waals surface area (Å²) in [6.07, 6.45) is 0. The van der Waals surface area contributed by atoms with Gasteiger partial charge in [0, 0.05) is 22.8 Å². The number of halogens is 2. The Morgan fingerprint density at radius 1 is 0.885 bits per heavy atom. The van der Waals surface area contributed by atoms with Gasteiger partial charge in [0.05, 0.1) is 11.6 Å². The average molecular weight is 388 g/mol. The summed E-state index contributed by atoms with van der Waals surface area (Å²) in [5, 5.41) is 4.45. The van der Waals surface area contributed by atoms with E-state index in [0.29, 0.717) is 28.9 Å². The van der Waals surface area contributed by atoms with Crippen LogP contribution in [0.5, 0.6) is 17.2 Å². The van der Waals surface area contributed by atoms with E-state index in [0.717, 1.165) is 22.7 Å². The van der Waals surface area contributed by atoms with Crippen molar-refractivity contribution in [3.8, 4) is 17.2 Å². The van der Waals surface area contributed by atoms with E-state index in [9.17, 15) is 0 Å². The number of benzene rings is 3. The van der Waals surface area contributed by atoms with E-state index >= 15 is 0 Å². The molecule has 3 aromatic rings. The summed E-state index contributed by atoms with van der Waals surface area (Å²) in [6.45, 7) is 3.02. The minimum absolute atomic E-state index is 0.516. The fourth-order valence-corrected chi connectivity index (χ4v) is 3.10. The highest BCUT2D eigenvalue weighted by Crippen LogP contribution is 2.33. The zero-order valence-electron chi connectivity index (χ0n) is 14.3. The molecule has 0 spiro atoms. The lowest BCUT2D eigenvalue weighted by molar-refractivity contribution is 0.337. The van der Waals surface area contributed by atoms with E-state index < -0.39 is 0 Å². The molecule has 134 valence electrons. The van der Waals surface area contributed by atoms with E-state index in [1.165, 1.54) is 0 Å². The minimum Gasteiger partial charge on any atom is -0.492 e. The van der Waals surface area contributed by atoms with Gasteiger partial charge < -0.3 is 14.8 Å². The predicted octanol–water partition coefficient (Wildman–Crippen LogP) is 6.80. The van der Waals surface area contributed by atoms with Crippen molar-refractivity contribution in [2.24, 2.45) is 0 Å². The Balaban J connectivity index is 1.67. The van der Waals surface area contributed by atoms with Crippen LogP contribution < -0.4 is 14.8 Å². The van der Waals surface area contributed by atoms with Gasteiger partial charge in [-0.05, 0) is 55.5 Å². The highest BCUT2D eigenvalue weighted by atomic mass is 35.5. The molecule has 0 amide bonds. The molecule has 0 unspecified atom stereocenters. The molecule has 0 heterocycles. The molecule has 26 heavy (non-hydrogen) atoms. The number of anilines is 1. The molecule has 3 aromatic carbocycles. The molecule has 3 nitrogen and oxygen atoms in total. The molecule has 0 atom stereocenters. The van der Waals surface area contributed by atoms with Crippen molar-refractivity contribution in [3.63, 3.8) is 0 Å². The van der Waals surface area contributed by atoms with Gasteiger partial charge in [0.2, 0.25) is 0 Å². The summed E-state index contributed by atoms with van der Waals surface area (Å²) in [5.41, 5.74) is 1.87. The van der Waals surface area contributed by atoms with Crippen LogP contribution in [0.15, 0.2) is 66.7 Å². The van der Waals surface area contributed by atoms with Crippen LogP contribution in [-0.4, -0.2) is 6.61 Å². The summed E-state index contributed by atoms with van der Waals surface area (Å²) in [5.74, 6) is 2.25. The topological polar surface area (TPSA) is 30.5 Å². The Morgan fingerprint density at radius 2 is 1.58 bits per heavy atom. The molecule has 1 N–H and O–H groups in total. The van der Waals surface area contributed by atoms with Crippen LogP contribution in [0.3, 0.4) is 0 Å².